The third kappa shape index (κ3) is 2.53. The van der Waals surface area contributed by atoms with Gasteiger partial charge in [-0.2, -0.15) is 0 Å². The number of rotatable bonds is 2. The van der Waals surface area contributed by atoms with Crippen molar-refractivity contribution in [3.05, 3.63) is 65.0 Å². The number of hydrogen-bond donors (Lipinski definition) is 0. The van der Waals surface area contributed by atoms with Crippen molar-refractivity contribution in [3.63, 3.8) is 0 Å². The van der Waals surface area contributed by atoms with Crippen LogP contribution in [0.3, 0.4) is 0 Å². The maximum absolute atomic E-state index is 13.8. The molecule has 1 fully saturated rings. The van der Waals surface area contributed by atoms with E-state index in [2.05, 4.69) is 0 Å². The second-order valence-electron chi connectivity index (χ2n) is 6.13. The molecule has 3 nitrogen and oxygen atoms in total. The second kappa shape index (κ2) is 5.78. The first-order valence-electron chi connectivity index (χ1n) is 8.01. The van der Waals surface area contributed by atoms with Crippen LogP contribution in [-0.4, -0.2) is 25.7 Å². The first-order chi connectivity index (χ1) is 11.2. The lowest BCUT2D eigenvalue weighted by Gasteiger charge is -2.18. The van der Waals surface area contributed by atoms with Crippen LogP contribution in [0.15, 0.2) is 42.5 Å². The van der Waals surface area contributed by atoms with Gasteiger partial charge in [-0.15, -0.1) is 0 Å². The van der Waals surface area contributed by atoms with Crippen LogP contribution in [0.25, 0.3) is 0 Å². The van der Waals surface area contributed by atoms with E-state index in [1.54, 1.807) is 11.0 Å². The lowest BCUT2D eigenvalue weighted by atomic mass is 9.96. The molecule has 2 heterocycles. The molecule has 4 heteroatoms. The highest BCUT2D eigenvalue weighted by molar-refractivity contribution is 6.07. The molecule has 1 amide bonds. The Morgan fingerprint density at radius 3 is 2.91 bits per heavy atom. The Kier molecular flexibility index (Phi) is 3.62. The second-order valence-corrected chi connectivity index (χ2v) is 6.13. The quantitative estimate of drug-likeness (QED) is 0.849. The first kappa shape index (κ1) is 14.4. The normalized spacial score (nSPS) is 19.9. The first-order valence-corrected chi connectivity index (χ1v) is 8.01. The Morgan fingerprint density at radius 1 is 1.22 bits per heavy atom. The van der Waals surface area contributed by atoms with E-state index >= 15 is 0 Å². The molecule has 0 aliphatic carbocycles. The topological polar surface area (TPSA) is 29.5 Å². The van der Waals surface area contributed by atoms with Gasteiger partial charge < -0.3 is 9.64 Å². The van der Waals surface area contributed by atoms with Gasteiger partial charge >= 0.3 is 0 Å². The van der Waals surface area contributed by atoms with Gasteiger partial charge in [-0.05, 0) is 42.7 Å². The van der Waals surface area contributed by atoms with Gasteiger partial charge in [0, 0.05) is 30.2 Å². The van der Waals surface area contributed by atoms with E-state index in [1.165, 1.54) is 6.07 Å². The smallest absolute Gasteiger partial charge is 0.258 e. The fourth-order valence-electron chi connectivity index (χ4n) is 3.48. The van der Waals surface area contributed by atoms with E-state index < -0.39 is 0 Å². The van der Waals surface area contributed by atoms with E-state index in [9.17, 15) is 9.18 Å². The molecular formula is C19H18FNO2. The van der Waals surface area contributed by atoms with Gasteiger partial charge in [-0.25, -0.2) is 4.39 Å². The number of carbonyl (C=O) groups excluding carboxylic acids is 1. The van der Waals surface area contributed by atoms with Gasteiger partial charge in [0.1, 0.15) is 5.82 Å². The number of benzene rings is 2. The number of halogens is 1. The van der Waals surface area contributed by atoms with Crippen LogP contribution in [0.1, 0.15) is 33.8 Å². The molecule has 0 spiro atoms. The van der Waals surface area contributed by atoms with Crippen molar-refractivity contribution in [2.24, 2.45) is 0 Å². The molecule has 0 aromatic heterocycles. The van der Waals surface area contributed by atoms with Gasteiger partial charge in [-0.1, -0.05) is 18.2 Å². The summed E-state index contributed by atoms with van der Waals surface area (Å²) in [5, 5.41) is 0. The highest BCUT2D eigenvalue weighted by atomic mass is 19.1. The number of carbonyl (C=O) groups is 1. The molecule has 2 aliphatic rings. The van der Waals surface area contributed by atoms with E-state index in [0.717, 1.165) is 25.2 Å². The average Bonchev–Trinajstić information content (AvgIpc) is 3.25. The molecule has 4 rings (SSSR count). The highest BCUT2D eigenvalue weighted by Gasteiger charge is 2.28. The van der Waals surface area contributed by atoms with Crippen LogP contribution in [0.5, 0.6) is 0 Å². The monoisotopic (exact) mass is 311 g/mol. The van der Waals surface area contributed by atoms with Gasteiger partial charge in [0.15, 0.2) is 0 Å². The van der Waals surface area contributed by atoms with E-state index in [4.69, 9.17) is 4.74 Å². The number of anilines is 1. The summed E-state index contributed by atoms with van der Waals surface area (Å²) in [7, 11) is 0. The molecule has 2 aromatic carbocycles. The summed E-state index contributed by atoms with van der Waals surface area (Å²) >= 11 is 0. The van der Waals surface area contributed by atoms with Crippen LogP contribution in [0.4, 0.5) is 10.1 Å². The summed E-state index contributed by atoms with van der Waals surface area (Å²) in [5.41, 5.74) is 3.14. The molecule has 1 saturated heterocycles. The Hall–Kier alpha value is -2.20. The van der Waals surface area contributed by atoms with Gasteiger partial charge in [-0.3, -0.25) is 4.79 Å². The Labute approximate surface area is 134 Å². The molecule has 2 aliphatic heterocycles. The van der Waals surface area contributed by atoms with E-state index in [0.29, 0.717) is 35.7 Å². The van der Waals surface area contributed by atoms with Crippen molar-refractivity contribution < 1.29 is 13.9 Å². The average molecular weight is 311 g/mol. The third-order valence-electron chi connectivity index (χ3n) is 4.75. The van der Waals surface area contributed by atoms with Crippen molar-refractivity contribution in [3.8, 4) is 0 Å². The molecule has 118 valence electrons. The maximum atomic E-state index is 13.8. The van der Waals surface area contributed by atoms with E-state index in [-0.39, 0.29) is 11.7 Å². The van der Waals surface area contributed by atoms with Crippen molar-refractivity contribution in [1.29, 1.82) is 0 Å². The van der Waals surface area contributed by atoms with Crippen LogP contribution < -0.4 is 4.90 Å². The van der Waals surface area contributed by atoms with Crippen molar-refractivity contribution in [2.45, 2.75) is 18.8 Å². The van der Waals surface area contributed by atoms with Crippen molar-refractivity contribution in [1.82, 2.24) is 0 Å². The Bertz CT molecular complexity index is 753. The summed E-state index contributed by atoms with van der Waals surface area (Å²) in [6, 6.07) is 12.7. The molecular weight excluding hydrogens is 293 g/mol. The van der Waals surface area contributed by atoms with Gasteiger partial charge in [0.25, 0.3) is 5.91 Å². The molecule has 2 aromatic rings. The minimum atomic E-state index is -0.227. The summed E-state index contributed by atoms with van der Waals surface area (Å²) in [5.74, 6) is 0.0795. The molecule has 0 bridgehead atoms. The van der Waals surface area contributed by atoms with Crippen molar-refractivity contribution in [2.75, 3.05) is 24.7 Å². The molecule has 23 heavy (non-hydrogen) atoms. The van der Waals surface area contributed by atoms with Gasteiger partial charge in [0.05, 0.1) is 12.3 Å². The number of fused-ring (bicyclic) bond motifs is 1. The fourth-order valence-corrected chi connectivity index (χ4v) is 3.48. The molecule has 1 atom stereocenters. The predicted molar refractivity (Wildman–Crippen MR) is 86.4 cm³/mol. The van der Waals surface area contributed by atoms with Crippen LogP contribution in [0.2, 0.25) is 0 Å². The minimum Gasteiger partial charge on any atom is -0.381 e. The molecule has 0 saturated carbocycles. The zero-order chi connectivity index (χ0) is 15.8. The number of ether oxygens (including phenoxy) is 1. The van der Waals surface area contributed by atoms with Crippen LogP contribution in [0, 0.1) is 5.82 Å². The Balaban J connectivity index is 1.63. The zero-order valence-electron chi connectivity index (χ0n) is 12.8. The lowest BCUT2D eigenvalue weighted by Crippen LogP contribution is -2.29. The number of hydrogen-bond acceptors (Lipinski definition) is 2. The zero-order valence-corrected chi connectivity index (χ0v) is 12.8. The summed E-state index contributed by atoms with van der Waals surface area (Å²) in [6.45, 7) is 2.03. The number of nitrogens with zero attached hydrogens (tertiary/aromatic N) is 1. The van der Waals surface area contributed by atoms with Crippen LogP contribution >= 0.6 is 0 Å². The summed E-state index contributed by atoms with van der Waals surface area (Å²) < 4.78 is 19.3. The molecule has 0 unspecified atom stereocenters. The Morgan fingerprint density at radius 2 is 2.09 bits per heavy atom. The third-order valence-corrected chi connectivity index (χ3v) is 4.75. The summed E-state index contributed by atoms with van der Waals surface area (Å²) in [4.78, 5) is 14.5. The summed E-state index contributed by atoms with van der Waals surface area (Å²) in [6.07, 6.45) is 1.57. The van der Waals surface area contributed by atoms with Gasteiger partial charge in [0.2, 0.25) is 0 Å². The van der Waals surface area contributed by atoms with Crippen LogP contribution in [-0.2, 0) is 11.2 Å². The fraction of sp³-hybridized carbons (Fsp3) is 0.316. The minimum absolute atomic E-state index is 0.0601. The predicted octanol–water partition coefficient (Wildman–Crippen LogP) is 3.53. The lowest BCUT2D eigenvalue weighted by molar-refractivity contribution is 0.0989. The maximum Gasteiger partial charge on any atom is 0.258 e. The van der Waals surface area contributed by atoms with E-state index in [1.807, 2.05) is 30.3 Å². The standard InChI is InChI=1S/C19H18FNO2/c20-17-5-2-6-18-16(17)7-9-21(18)19(22)14-4-1-3-13(11-14)15-8-10-23-12-15/h1-6,11,15H,7-10,12H2/t15-/m0/s1. The largest absolute Gasteiger partial charge is 0.381 e. The highest BCUT2D eigenvalue weighted by Crippen LogP contribution is 2.32. The molecule has 0 N–H and O–H groups in total. The molecule has 0 radical (unpaired) electrons. The SMILES string of the molecule is O=C(c1cccc([C@H]2CCOC2)c1)N1CCc2c(F)cccc21. The number of amides is 1. The van der Waals surface area contributed by atoms with Crippen molar-refractivity contribution >= 4 is 11.6 Å².